The number of halogens is 2. The third-order valence-electron chi connectivity index (χ3n) is 20.2. The van der Waals surface area contributed by atoms with Gasteiger partial charge in [0.2, 0.25) is 11.5 Å². The van der Waals surface area contributed by atoms with Gasteiger partial charge in [0.25, 0.3) is 0 Å². The summed E-state index contributed by atoms with van der Waals surface area (Å²) in [6.45, 7) is 64.2. The van der Waals surface area contributed by atoms with E-state index in [1.165, 1.54) is 78.4 Å². The number of fused-ring (bicyclic) bond motifs is 6. The lowest BCUT2D eigenvalue weighted by Gasteiger charge is -2.34. The molecular weight excluding hydrogens is 1250 g/mol. The second kappa shape index (κ2) is 24.5. The molecule has 2 N–H and O–H groups in total. The van der Waals surface area contributed by atoms with E-state index in [4.69, 9.17) is 0 Å². The molecule has 10 rings (SSSR count). The predicted molar refractivity (Wildman–Crippen MR) is 423 cm³/mol. The van der Waals surface area contributed by atoms with Crippen LogP contribution < -0.4 is 15.6 Å². The molecule has 0 saturated carbocycles. The number of nitrogens with zero attached hydrogens (tertiary/aromatic N) is 2. The van der Waals surface area contributed by atoms with Crippen molar-refractivity contribution in [3.05, 3.63) is 173 Å². The first-order valence-corrected chi connectivity index (χ1v) is 45.5. The molecule has 11 heteroatoms. The van der Waals surface area contributed by atoms with Gasteiger partial charge < -0.3 is 28.1 Å². The Labute approximate surface area is 583 Å². The van der Waals surface area contributed by atoms with Gasteiger partial charge in [-0.2, -0.15) is 0 Å². The molecule has 0 amide bonds. The minimum atomic E-state index is -2.06. The van der Waals surface area contributed by atoms with Crippen LogP contribution in [0.15, 0.2) is 97.1 Å². The molecule has 0 spiro atoms. The van der Waals surface area contributed by atoms with Gasteiger partial charge in [-0.1, -0.05) is 192 Å². The average Bonchev–Trinajstić information content (AvgIpc) is 1.57. The van der Waals surface area contributed by atoms with Crippen LogP contribution in [0, 0.1) is 53.5 Å². The van der Waals surface area contributed by atoms with Crippen molar-refractivity contribution >= 4 is 83.4 Å². The summed E-state index contributed by atoms with van der Waals surface area (Å²) in [5, 5.41) is 35.9. The maximum atomic E-state index is 16.5. The van der Waals surface area contributed by atoms with E-state index in [-0.39, 0.29) is 33.2 Å². The summed E-state index contributed by atoms with van der Waals surface area (Å²) >= 11 is 0. The highest BCUT2D eigenvalue weighted by Crippen LogP contribution is 2.52. The second-order valence-corrected chi connectivity index (χ2v) is 51.8. The van der Waals surface area contributed by atoms with Gasteiger partial charge >= 0.3 is 0 Å². The number of hydrogen-bond acceptors (Lipinski definition) is 2. The number of aryl methyl sites for hydroxylation is 4. The Morgan fingerprint density at radius 1 is 0.361 bits per heavy atom. The number of aromatic hydroxyl groups is 2. The van der Waals surface area contributed by atoms with Crippen molar-refractivity contribution in [3.8, 4) is 56.6 Å². The first-order valence-electron chi connectivity index (χ1n) is 35.0. The molecule has 97 heavy (non-hydrogen) atoms. The molecule has 516 valence electrons. The molecule has 0 aliphatic heterocycles. The summed E-state index contributed by atoms with van der Waals surface area (Å²) in [6.07, 6.45) is 0.468. The van der Waals surface area contributed by atoms with Crippen LogP contribution in [0.2, 0.25) is 58.9 Å². The number of benzene rings is 8. The maximum absolute atomic E-state index is 16.5. The topological polar surface area (TPSA) is 55.7 Å². The number of rotatable bonds is 13. The van der Waals surface area contributed by atoms with Crippen LogP contribution in [0.1, 0.15) is 160 Å². The van der Waals surface area contributed by atoms with Crippen molar-refractivity contribution in [3.63, 3.8) is 0 Å². The zero-order chi connectivity index (χ0) is 72.2. The molecule has 0 aliphatic carbocycles. The first-order chi connectivity index (χ1) is 44.3. The Morgan fingerprint density at radius 3 is 1.00 bits per heavy atom. The van der Waals surface area contributed by atoms with Crippen LogP contribution in [-0.4, -0.2) is 56.8 Å². The highest BCUT2D eigenvalue weighted by atomic mass is 28.3. The molecule has 6 nitrogen and oxygen atoms in total. The Morgan fingerprint density at radius 2 is 0.670 bits per heavy atom. The van der Waals surface area contributed by atoms with E-state index < -0.39 is 41.3 Å². The SMILES string of the molecule is [CH2-][O+](CCC[O+]([CH2-])c1c(C)cc(F)cc1-c1cc(C(C)(C)C)cc(-n2c3cc(C(C)(C)C)cc([Si](C)(C)C)c3c3c([Si](C)(C)C)cc(C(C)(C)C)cc32)c1O)c1c(C)cc(F)cc1-c1cc(C(C)(C)C)cc(-n2c3cc(C(C)(C)C)cc(C)c3c3c(C)cc([Si](C)(C)C)cc32)c1O. The van der Waals surface area contributed by atoms with Gasteiger partial charge in [0.15, 0.2) is 13.2 Å². The zero-order valence-electron chi connectivity index (χ0n) is 64.1. The maximum Gasteiger partial charge on any atom is 0.237 e. The summed E-state index contributed by atoms with van der Waals surface area (Å²) in [7, 11) is 3.25. The van der Waals surface area contributed by atoms with Gasteiger partial charge in [0.1, 0.15) is 29.6 Å². The quantitative estimate of drug-likeness (QED) is 0.0687. The second-order valence-electron chi connectivity index (χ2n) is 36.6. The Bertz CT molecular complexity index is 4650. The molecule has 0 radical (unpaired) electrons. The van der Waals surface area contributed by atoms with E-state index in [1.807, 2.05) is 26.0 Å². The highest BCUT2D eigenvalue weighted by Gasteiger charge is 2.36. The predicted octanol–water partition coefficient (Wildman–Crippen LogP) is 23.5. The number of aromatic nitrogens is 2. The van der Waals surface area contributed by atoms with E-state index in [1.54, 1.807) is 0 Å². The fourth-order valence-electron chi connectivity index (χ4n) is 14.5. The lowest BCUT2D eigenvalue weighted by Crippen LogP contribution is -2.41. The average molecular weight is 1360 g/mol. The van der Waals surface area contributed by atoms with Crippen molar-refractivity contribution < 1.29 is 27.7 Å². The molecule has 0 atom stereocenters. The highest BCUT2D eigenvalue weighted by molar-refractivity contribution is 6.93. The first kappa shape index (κ1) is 72.8. The van der Waals surface area contributed by atoms with Crippen LogP contribution in [0.4, 0.5) is 8.78 Å². The smallest absolute Gasteiger partial charge is 0.237 e. The lowest BCUT2D eigenvalue weighted by molar-refractivity contribution is -0.0170. The molecular formula is C86H112F2N2O4Si3. The molecule has 2 heterocycles. The third-order valence-corrected chi connectivity index (χ3v) is 26.3. The standard InChI is InChI=1S/C86H112F2N2O4Si3/c1-50-34-54(82(5,6)7)40-66-74(50)75-51(2)37-61(95(22,23)24)49-69(75)89(66)70-43-55(83(8,9)10)38-62(78(70)91)64-47-59(87)35-52(3)80(64)93(20)32-31-33-94(21)81-53(4)36-60(88)48-65(81)63-39-56(84(11,12)13)44-71(79(63)92)90-67-41-57(85(14,15)16)45-72(96(25,26)27)76(67)77-68(90)42-58(86(17,18)19)46-73(77)97(28,29)30/h34-49,91-92H,20-21,31-33H2,1-19,22-30H3. The van der Waals surface area contributed by atoms with Crippen molar-refractivity contribution in [2.45, 2.75) is 224 Å². The van der Waals surface area contributed by atoms with Crippen molar-refractivity contribution in [2.75, 3.05) is 13.2 Å². The molecule has 8 aromatic carbocycles. The number of phenolic OH excluding ortho intramolecular Hbond substituents is 2. The molecule has 0 saturated heterocycles. The van der Waals surface area contributed by atoms with Crippen molar-refractivity contribution in [2.24, 2.45) is 0 Å². The Kier molecular flexibility index (Phi) is 18.4. The van der Waals surface area contributed by atoms with Crippen LogP contribution in [0.25, 0.3) is 77.2 Å². The monoisotopic (exact) mass is 1360 g/mol. The summed E-state index contributed by atoms with van der Waals surface area (Å²) in [4.78, 5) is 0. The van der Waals surface area contributed by atoms with Gasteiger partial charge in [0, 0.05) is 43.8 Å². The van der Waals surface area contributed by atoms with Gasteiger partial charge in [-0.3, -0.25) is 0 Å². The van der Waals surface area contributed by atoms with E-state index in [9.17, 15) is 10.2 Å². The van der Waals surface area contributed by atoms with Gasteiger partial charge in [-0.25, -0.2) is 8.78 Å². The molecule has 0 unspecified atom stereocenters. The molecule has 0 bridgehead atoms. The molecule has 2 aromatic heterocycles. The largest absolute Gasteiger partial charge is 0.711 e. The van der Waals surface area contributed by atoms with Crippen LogP contribution in [-0.2, 0) is 35.8 Å². The molecule has 0 aliphatic rings. The Hall–Kier alpha value is -6.93. The van der Waals surface area contributed by atoms with Gasteiger partial charge in [0.05, 0.1) is 68.8 Å². The lowest BCUT2D eigenvalue weighted by atomic mass is 9.84. The molecule has 0 fully saturated rings. The summed E-state index contributed by atoms with van der Waals surface area (Å²) in [5.74, 6) is 0.453. The summed E-state index contributed by atoms with van der Waals surface area (Å²) < 4.78 is 43.7. The zero-order valence-corrected chi connectivity index (χ0v) is 67.1. The van der Waals surface area contributed by atoms with E-state index in [2.05, 4.69) is 269 Å². The third kappa shape index (κ3) is 13.6. The van der Waals surface area contributed by atoms with Gasteiger partial charge in [-0.15, -0.1) is 0 Å². The summed E-state index contributed by atoms with van der Waals surface area (Å²) in [6, 6.07) is 33.5. The van der Waals surface area contributed by atoms with Crippen LogP contribution in [0.5, 0.6) is 23.0 Å². The van der Waals surface area contributed by atoms with Gasteiger partial charge in [-0.05, 0) is 191 Å². The van der Waals surface area contributed by atoms with E-state index in [0.29, 0.717) is 75.9 Å². The van der Waals surface area contributed by atoms with Crippen molar-refractivity contribution in [1.29, 1.82) is 0 Å². The van der Waals surface area contributed by atoms with E-state index >= 15 is 8.78 Å². The fourth-order valence-corrected chi connectivity index (χ4v) is 18.9. The minimum Gasteiger partial charge on any atom is -0.711 e. The van der Waals surface area contributed by atoms with Crippen LogP contribution >= 0.6 is 0 Å². The normalized spacial score (nSPS) is 13.4. The Balaban J connectivity index is 1.12. The number of phenols is 2. The van der Waals surface area contributed by atoms with Crippen LogP contribution in [0.3, 0.4) is 0 Å². The van der Waals surface area contributed by atoms with Crippen molar-refractivity contribution in [1.82, 2.24) is 9.13 Å². The number of hydrogen-bond donors (Lipinski definition) is 2. The fraction of sp³-hybridized carbons (Fsp3) is 0.419. The minimum absolute atomic E-state index is 0.0396. The van der Waals surface area contributed by atoms with E-state index in [0.717, 1.165) is 44.0 Å². The molecule has 10 aromatic rings. The summed E-state index contributed by atoms with van der Waals surface area (Å²) in [5.41, 5.74) is 15.4.